The first-order valence-electron chi connectivity index (χ1n) is 12.0. The van der Waals surface area contributed by atoms with Crippen LogP contribution < -0.4 is 0 Å². The first kappa shape index (κ1) is 24.5. The molecule has 4 rings (SSSR count). The fraction of sp³-hybridized carbons (Fsp3) is 0.615. The number of hydrogen-bond donors (Lipinski definition) is 0. The molecule has 0 amide bonds. The highest BCUT2D eigenvalue weighted by Crippen LogP contribution is 2.36. The van der Waals surface area contributed by atoms with Crippen LogP contribution in [0.1, 0.15) is 50.2 Å². The van der Waals surface area contributed by atoms with Crippen LogP contribution >= 0.6 is 34.5 Å². The van der Waals surface area contributed by atoms with E-state index in [1.54, 1.807) is 0 Å². The molecule has 0 bridgehead atoms. The highest BCUT2D eigenvalue weighted by atomic mass is 35.5. The van der Waals surface area contributed by atoms with E-state index >= 15 is 0 Å². The Labute approximate surface area is 207 Å². The second-order valence-corrected chi connectivity index (χ2v) is 11.2. The summed E-state index contributed by atoms with van der Waals surface area (Å²) in [6.07, 6.45) is 4.20. The molecule has 176 valence electrons. The van der Waals surface area contributed by atoms with Crippen LogP contribution in [0.2, 0.25) is 10.0 Å². The lowest BCUT2D eigenvalue weighted by Crippen LogP contribution is -2.39. The van der Waals surface area contributed by atoms with Gasteiger partial charge in [0, 0.05) is 48.7 Å². The average Bonchev–Trinajstić information content (AvgIpc) is 3.42. The van der Waals surface area contributed by atoms with Crippen LogP contribution in [0.4, 0.5) is 0 Å². The Morgan fingerprint density at radius 3 is 2.62 bits per heavy atom. The van der Waals surface area contributed by atoms with Gasteiger partial charge in [0.15, 0.2) is 0 Å². The monoisotopic (exact) mass is 494 g/mol. The Morgan fingerprint density at radius 1 is 1.12 bits per heavy atom. The van der Waals surface area contributed by atoms with Crippen molar-refractivity contribution in [2.45, 2.75) is 51.7 Å². The van der Waals surface area contributed by atoms with Gasteiger partial charge in [-0.25, -0.2) is 0 Å². The van der Waals surface area contributed by atoms with E-state index in [2.05, 4.69) is 46.5 Å². The summed E-state index contributed by atoms with van der Waals surface area (Å²) >= 11 is 14.4. The molecule has 2 aliphatic heterocycles. The van der Waals surface area contributed by atoms with Crippen LogP contribution in [0, 0.1) is 11.8 Å². The first-order valence-corrected chi connectivity index (χ1v) is 13.7. The molecule has 1 unspecified atom stereocenters. The largest absolute Gasteiger partial charge is 0.379 e. The lowest BCUT2D eigenvalue weighted by atomic mass is 9.88. The molecule has 32 heavy (non-hydrogen) atoms. The number of rotatable bonds is 9. The standard InChI is InChI=1S/C26H36Cl2N2OS/c1-3-31-19(2)12-20-6-9-29(10-7-20)15-23-16-30(17-25(23)22-8-11-32-18-22)14-21-4-5-24(27)13-26(21)28/h4-5,8,11,13,18-20,23,25H,3,6-7,9-10,12,14-17H2,1-2H3/t19?,23-,25+/m0/s1. The molecule has 1 aromatic heterocycles. The van der Waals surface area contributed by atoms with Gasteiger partial charge in [-0.2, -0.15) is 11.3 Å². The lowest BCUT2D eigenvalue weighted by Gasteiger charge is -2.35. The Balaban J connectivity index is 1.35. The molecule has 3 heterocycles. The van der Waals surface area contributed by atoms with Gasteiger partial charge in [0.1, 0.15) is 0 Å². The molecule has 0 aliphatic carbocycles. The van der Waals surface area contributed by atoms with Gasteiger partial charge in [-0.05, 0) is 98.1 Å². The maximum Gasteiger partial charge on any atom is 0.0549 e. The molecule has 2 aromatic rings. The van der Waals surface area contributed by atoms with E-state index in [1.165, 1.54) is 50.0 Å². The third-order valence-corrected chi connectivity index (χ3v) is 8.50. The van der Waals surface area contributed by atoms with Gasteiger partial charge in [0.05, 0.1) is 6.10 Å². The summed E-state index contributed by atoms with van der Waals surface area (Å²) in [5.74, 6) is 2.07. The molecule has 2 saturated heterocycles. The molecule has 6 heteroatoms. The molecule has 3 atom stereocenters. The second kappa shape index (κ2) is 11.7. The maximum absolute atomic E-state index is 6.48. The van der Waals surface area contributed by atoms with Crippen LogP contribution in [-0.4, -0.2) is 55.2 Å². The van der Waals surface area contributed by atoms with Crippen LogP contribution in [0.5, 0.6) is 0 Å². The quantitative estimate of drug-likeness (QED) is 0.381. The minimum atomic E-state index is 0.391. The van der Waals surface area contributed by atoms with Crippen LogP contribution in [0.3, 0.4) is 0 Å². The third-order valence-electron chi connectivity index (χ3n) is 7.21. The summed E-state index contributed by atoms with van der Waals surface area (Å²) in [6, 6.07) is 8.20. The fourth-order valence-electron chi connectivity index (χ4n) is 5.59. The van der Waals surface area contributed by atoms with Crippen LogP contribution in [-0.2, 0) is 11.3 Å². The maximum atomic E-state index is 6.48. The number of piperidine rings is 1. The second-order valence-electron chi connectivity index (χ2n) is 9.60. The van der Waals surface area contributed by atoms with Crippen LogP contribution in [0.25, 0.3) is 0 Å². The van der Waals surface area contributed by atoms with Gasteiger partial charge in [0.25, 0.3) is 0 Å². The SMILES string of the molecule is CCOC(C)CC1CCN(C[C@H]2CN(Cc3ccc(Cl)cc3Cl)C[C@@H]2c2ccsc2)CC1. The van der Waals surface area contributed by atoms with E-state index in [9.17, 15) is 0 Å². The summed E-state index contributed by atoms with van der Waals surface area (Å²) in [6.45, 7) is 11.9. The molecule has 2 aliphatic rings. The molecule has 3 nitrogen and oxygen atoms in total. The predicted molar refractivity (Wildman–Crippen MR) is 137 cm³/mol. The van der Waals surface area contributed by atoms with Crippen molar-refractivity contribution in [3.8, 4) is 0 Å². The van der Waals surface area contributed by atoms with E-state index in [0.29, 0.717) is 23.0 Å². The molecule has 2 fully saturated rings. The normalized spacial score (nSPS) is 24.2. The molecule has 0 radical (unpaired) electrons. The van der Waals surface area contributed by atoms with Crippen molar-refractivity contribution in [1.29, 1.82) is 0 Å². The number of halogens is 2. The van der Waals surface area contributed by atoms with E-state index in [-0.39, 0.29) is 0 Å². The number of ether oxygens (including phenoxy) is 1. The van der Waals surface area contributed by atoms with Crippen molar-refractivity contribution >= 4 is 34.5 Å². The van der Waals surface area contributed by atoms with E-state index in [0.717, 1.165) is 37.2 Å². The van der Waals surface area contributed by atoms with Gasteiger partial charge in [-0.15, -0.1) is 0 Å². The van der Waals surface area contributed by atoms with Crippen molar-refractivity contribution in [2.75, 3.05) is 39.3 Å². The summed E-state index contributed by atoms with van der Waals surface area (Å²) in [5.41, 5.74) is 2.68. The number of thiophene rings is 1. The zero-order valence-corrected chi connectivity index (χ0v) is 21.6. The molecular formula is C26H36Cl2N2OS. The summed E-state index contributed by atoms with van der Waals surface area (Å²) in [7, 11) is 0. The molecule has 0 spiro atoms. The summed E-state index contributed by atoms with van der Waals surface area (Å²) in [5, 5.41) is 6.04. The Hall–Kier alpha value is -0.620. The number of nitrogens with zero attached hydrogens (tertiary/aromatic N) is 2. The Bertz CT molecular complexity index is 838. The lowest BCUT2D eigenvalue weighted by molar-refractivity contribution is 0.0450. The molecule has 0 N–H and O–H groups in total. The topological polar surface area (TPSA) is 15.7 Å². The highest BCUT2D eigenvalue weighted by Gasteiger charge is 2.36. The van der Waals surface area contributed by atoms with E-state index in [4.69, 9.17) is 27.9 Å². The fourth-order valence-corrected chi connectivity index (χ4v) is 6.78. The number of benzene rings is 1. The average molecular weight is 496 g/mol. The minimum absolute atomic E-state index is 0.391. The predicted octanol–water partition coefficient (Wildman–Crippen LogP) is 6.80. The van der Waals surface area contributed by atoms with E-state index < -0.39 is 0 Å². The van der Waals surface area contributed by atoms with Crippen molar-refractivity contribution in [3.05, 3.63) is 56.2 Å². The van der Waals surface area contributed by atoms with Crippen molar-refractivity contribution in [1.82, 2.24) is 9.80 Å². The van der Waals surface area contributed by atoms with Gasteiger partial charge < -0.3 is 9.64 Å². The van der Waals surface area contributed by atoms with Gasteiger partial charge in [0.2, 0.25) is 0 Å². The molecule has 1 aromatic carbocycles. The zero-order valence-electron chi connectivity index (χ0n) is 19.3. The first-order chi connectivity index (χ1) is 15.5. The van der Waals surface area contributed by atoms with Gasteiger partial charge in [-0.3, -0.25) is 4.90 Å². The van der Waals surface area contributed by atoms with Crippen molar-refractivity contribution in [2.24, 2.45) is 11.8 Å². The minimum Gasteiger partial charge on any atom is -0.379 e. The zero-order chi connectivity index (χ0) is 22.5. The molecule has 0 saturated carbocycles. The Morgan fingerprint density at radius 2 is 1.94 bits per heavy atom. The van der Waals surface area contributed by atoms with E-state index in [1.807, 2.05) is 23.5 Å². The summed E-state index contributed by atoms with van der Waals surface area (Å²) < 4.78 is 5.78. The van der Waals surface area contributed by atoms with Gasteiger partial charge in [-0.1, -0.05) is 29.3 Å². The molecular weight excluding hydrogens is 459 g/mol. The highest BCUT2D eigenvalue weighted by molar-refractivity contribution is 7.08. The van der Waals surface area contributed by atoms with Crippen LogP contribution in [0.15, 0.2) is 35.0 Å². The van der Waals surface area contributed by atoms with Crippen molar-refractivity contribution in [3.63, 3.8) is 0 Å². The third kappa shape index (κ3) is 6.49. The van der Waals surface area contributed by atoms with Gasteiger partial charge >= 0.3 is 0 Å². The Kier molecular flexibility index (Phi) is 8.94. The number of hydrogen-bond acceptors (Lipinski definition) is 4. The smallest absolute Gasteiger partial charge is 0.0549 e. The van der Waals surface area contributed by atoms with Crippen molar-refractivity contribution < 1.29 is 4.74 Å². The number of likely N-dealkylation sites (tertiary alicyclic amines) is 2. The summed E-state index contributed by atoms with van der Waals surface area (Å²) in [4.78, 5) is 5.29.